The Morgan fingerprint density at radius 1 is 0.938 bits per heavy atom. The Labute approximate surface area is 102 Å². The van der Waals surface area contributed by atoms with Crippen LogP contribution in [0.1, 0.15) is 85.5 Å². The lowest BCUT2D eigenvalue weighted by atomic mass is 9.81. The molecule has 0 aromatic heterocycles. The maximum Gasteiger partial charge on any atom is 0.133 e. The van der Waals surface area contributed by atoms with Crippen molar-refractivity contribution < 1.29 is 4.79 Å². The first-order valence-electron chi connectivity index (χ1n) is 7.03. The second kappa shape index (κ2) is 8.78. The van der Waals surface area contributed by atoms with Gasteiger partial charge >= 0.3 is 0 Å². The van der Waals surface area contributed by atoms with E-state index in [2.05, 4.69) is 27.7 Å². The van der Waals surface area contributed by atoms with E-state index in [0.717, 1.165) is 19.3 Å². The zero-order valence-electron chi connectivity index (χ0n) is 11.8. The molecule has 0 bridgehead atoms. The highest BCUT2D eigenvalue weighted by atomic mass is 16.1. The molecular weight excluding hydrogens is 196 g/mol. The van der Waals surface area contributed by atoms with Gasteiger partial charge in [0, 0.05) is 12.8 Å². The van der Waals surface area contributed by atoms with Gasteiger partial charge in [-0.2, -0.15) is 0 Å². The molecule has 0 aliphatic rings. The Kier molecular flexibility index (Phi) is 8.60. The van der Waals surface area contributed by atoms with Gasteiger partial charge in [-0.25, -0.2) is 0 Å². The average Bonchev–Trinajstić information content (AvgIpc) is 2.21. The van der Waals surface area contributed by atoms with Crippen LogP contribution in [-0.4, -0.2) is 5.78 Å². The molecule has 0 atom stereocenters. The minimum Gasteiger partial charge on any atom is -0.300 e. The molecule has 0 spiro atoms. The normalized spacial score (nSPS) is 11.8. The van der Waals surface area contributed by atoms with Gasteiger partial charge in [0.25, 0.3) is 0 Å². The molecule has 0 saturated heterocycles. The van der Waals surface area contributed by atoms with Crippen molar-refractivity contribution in [3.05, 3.63) is 0 Å². The summed E-state index contributed by atoms with van der Waals surface area (Å²) < 4.78 is 0. The molecule has 0 aliphatic carbocycles. The average molecular weight is 226 g/mol. The van der Waals surface area contributed by atoms with Crippen LogP contribution in [0.5, 0.6) is 0 Å². The van der Waals surface area contributed by atoms with Crippen molar-refractivity contribution in [1.82, 2.24) is 0 Å². The van der Waals surface area contributed by atoms with E-state index in [0.29, 0.717) is 5.78 Å². The smallest absolute Gasteiger partial charge is 0.133 e. The molecule has 0 radical (unpaired) electrons. The monoisotopic (exact) mass is 226 g/mol. The summed E-state index contributed by atoms with van der Waals surface area (Å²) in [5, 5.41) is 0. The third-order valence-electron chi connectivity index (χ3n) is 3.19. The summed E-state index contributed by atoms with van der Waals surface area (Å²) in [6.45, 7) is 8.87. The molecule has 0 aliphatic heterocycles. The third kappa shape index (κ3) is 8.94. The summed E-state index contributed by atoms with van der Waals surface area (Å²) in [4.78, 5) is 11.8. The fourth-order valence-corrected chi connectivity index (χ4v) is 2.11. The SMILES string of the molecule is CCCCCCC(=O)CC(C)(C)CCCC. The first kappa shape index (κ1) is 15.7. The van der Waals surface area contributed by atoms with Gasteiger partial charge in [-0.1, -0.05) is 59.8 Å². The second-order valence-electron chi connectivity index (χ2n) is 5.79. The quantitative estimate of drug-likeness (QED) is 0.472. The summed E-state index contributed by atoms with van der Waals surface area (Å²) in [6.07, 6.45) is 10.1. The molecule has 0 rings (SSSR count). The highest BCUT2D eigenvalue weighted by Gasteiger charge is 2.20. The molecular formula is C15H30O. The lowest BCUT2D eigenvalue weighted by Gasteiger charge is -2.23. The molecule has 0 saturated carbocycles. The molecule has 1 heteroatoms. The Hall–Kier alpha value is -0.330. The van der Waals surface area contributed by atoms with Gasteiger partial charge in [0.05, 0.1) is 0 Å². The van der Waals surface area contributed by atoms with Crippen LogP contribution in [0, 0.1) is 5.41 Å². The van der Waals surface area contributed by atoms with Gasteiger partial charge in [-0.15, -0.1) is 0 Å². The minimum absolute atomic E-state index is 0.220. The first-order chi connectivity index (χ1) is 7.52. The Morgan fingerprint density at radius 2 is 1.56 bits per heavy atom. The standard InChI is InChI=1S/C15H30O/c1-5-7-9-10-11-14(16)13-15(3,4)12-8-6-2/h5-13H2,1-4H3. The van der Waals surface area contributed by atoms with E-state index < -0.39 is 0 Å². The predicted molar refractivity (Wildman–Crippen MR) is 71.7 cm³/mol. The topological polar surface area (TPSA) is 17.1 Å². The van der Waals surface area contributed by atoms with Crippen LogP contribution >= 0.6 is 0 Å². The van der Waals surface area contributed by atoms with E-state index in [9.17, 15) is 4.79 Å². The number of carbonyl (C=O) groups is 1. The molecule has 0 fully saturated rings. The largest absolute Gasteiger partial charge is 0.300 e. The summed E-state index contributed by atoms with van der Waals surface area (Å²) >= 11 is 0. The second-order valence-corrected chi connectivity index (χ2v) is 5.79. The fraction of sp³-hybridized carbons (Fsp3) is 0.933. The van der Waals surface area contributed by atoms with Crippen LogP contribution in [0.4, 0.5) is 0 Å². The summed E-state index contributed by atoms with van der Waals surface area (Å²) in [5.74, 6) is 0.470. The molecule has 0 aromatic carbocycles. The van der Waals surface area contributed by atoms with E-state index in [4.69, 9.17) is 0 Å². The number of ketones is 1. The van der Waals surface area contributed by atoms with Crippen LogP contribution in [0.3, 0.4) is 0 Å². The zero-order valence-corrected chi connectivity index (χ0v) is 11.8. The molecule has 0 amide bonds. The lowest BCUT2D eigenvalue weighted by molar-refractivity contribution is -0.121. The predicted octanol–water partition coefficient (Wildman–Crippen LogP) is 5.13. The number of unbranched alkanes of at least 4 members (excludes halogenated alkanes) is 4. The molecule has 0 N–H and O–H groups in total. The van der Waals surface area contributed by atoms with Gasteiger partial charge in [0.2, 0.25) is 0 Å². The highest BCUT2D eigenvalue weighted by Crippen LogP contribution is 2.28. The highest BCUT2D eigenvalue weighted by molar-refractivity contribution is 5.78. The van der Waals surface area contributed by atoms with Gasteiger partial charge in [0.15, 0.2) is 0 Å². The van der Waals surface area contributed by atoms with Crippen molar-refractivity contribution in [1.29, 1.82) is 0 Å². The van der Waals surface area contributed by atoms with Crippen LogP contribution in [-0.2, 0) is 4.79 Å². The molecule has 0 aromatic rings. The first-order valence-corrected chi connectivity index (χ1v) is 7.03. The van der Waals surface area contributed by atoms with Gasteiger partial charge in [-0.05, 0) is 18.3 Å². The van der Waals surface area contributed by atoms with E-state index in [1.165, 1.54) is 38.5 Å². The van der Waals surface area contributed by atoms with E-state index in [1.807, 2.05) is 0 Å². The van der Waals surface area contributed by atoms with Crippen molar-refractivity contribution in [3.8, 4) is 0 Å². The Morgan fingerprint density at radius 3 is 2.12 bits per heavy atom. The third-order valence-corrected chi connectivity index (χ3v) is 3.19. The Balaban J connectivity index is 3.67. The number of carbonyl (C=O) groups excluding carboxylic acids is 1. The van der Waals surface area contributed by atoms with E-state index in [-0.39, 0.29) is 5.41 Å². The zero-order chi connectivity index (χ0) is 12.4. The lowest BCUT2D eigenvalue weighted by Crippen LogP contribution is -2.17. The molecule has 0 unspecified atom stereocenters. The van der Waals surface area contributed by atoms with Crippen molar-refractivity contribution in [2.75, 3.05) is 0 Å². The van der Waals surface area contributed by atoms with Crippen LogP contribution in [0.2, 0.25) is 0 Å². The molecule has 16 heavy (non-hydrogen) atoms. The molecule has 0 heterocycles. The number of hydrogen-bond donors (Lipinski definition) is 0. The van der Waals surface area contributed by atoms with Crippen LogP contribution in [0.25, 0.3) is 0 Å². The van der Waals surface area contributed by atoms with Crippen LogP contribution in [0.15, 0.2) is 0 Å². The van der Waals surface area contributed by atoms with E-state index in [1.54, 1.807) is 0 Å². The maximum absolute atomic E-state index is 11.8. The van der Waals surface area contributed by atoms with E-state index >= 15 is 0 Å². The van der Waals surface area contributed by atoms with Gasteiger partial charge in [-0.3, -0.25) is 4.79 Å². The summed E-state index contributed by atoms with van der Waals surface area (Å²) in [5.41, 5.74) is 0.220. The Bertz CT molecular complexity index is 182. The van der Waals surface area contributed by atoms with Gasteiger partial charge in [0.1, 0.15) is 5.78 Å². The van der Waals surface area contributed by atoms with Crippen molar-refractivity contribution >= 4 is 5.78 Å². The molecule has 96 valence electrons. The number of Topliss-reactive ketones (excluding diaryl/α,β-unsaturated/α-hetero) is 1. The number of rotatable bonds is 10. The van der Waals surface area contributed by atoms with Gasteiger partial charge < -0.3 is 0 Å². The fourth-order valence-electron chi connectivity index (χ4n) is 2.11. The van der Waals surface area contributed by atoms with Crippen molar-refractivity contribution in [2.24, 2.45) is 5.41 Å². The maximum atomic E-state index is 11.8. The minimum atomic E-state index is 0.220. The summed E-state index contributed by atoms with van der Waals surface area (Å²) in [6, 6.07) is 0. The summed E-state index contributed by atoms with van der Waals surface area (Å²) in [7, 11) is 0. The van der Waals surface area contributed by atoms with Crippen LogP contribution < -0.4 is 0 Å². The van der Waals surface area contributed by atoms with Crippen molar-refractivity contribution in [2.45, 2.75) is 85.5 Å². The van der Waals surface area contributed by atoms with Crippen molar-refractivity contribution in [3.63, 3.8) is 0 Å². The number of hydrogen-bond acceptors (Lipinski definition) is 1. The molecule has 1 nitrogen and oxygen atoms in total.